The molecule has 0 amide bonds. The van der Waals surface area contributed by atoms with Gasteiger partial charge in [-0.1, -0.05) is 0 Å². The van der Waals surface area contributed by atoms with E-state index >= 15 is 0 Å². The van der Waals surface area contributed by atoms with Gasteiger partial charge in [0.2, 0.25) is 0 Å². The summed E-state index contributed by atoms with van der Waals surface area (Å²) in [6, 6.07) is 0. The fourth-order valence-corrected chi connectivity index (χ4v) is 2.27. The third-order valence-electron chi connectivity index (χ3n) is 3.09. The Bertz CT molecular complexity index is 421. The topological polar surface area (TPSA) is 49.3 Å². The highest BCUT2D eigenvalue weighted by atomic mass is 19.4. The fraction of sp³-hybridized carbons (Fsp3) is 0.545. The Morgan fingerprint density at radius 1 is 1.24 bits per heavy atom. The van der Waals surface area contributed by atoms with E-state index in [0.717, 1.165) is 18.4 Å². The van der Waals surface area contributed by atoms with Crippen molar-refractivity contribution in [2.45, 2.75) is 38.3 Å². The molecule has 17 heavy (non-hydrogen) atoms. The number of allylic oxidation sites excluding steroid dienone is 3. The number of hydrogen-bond donors (Lipinski definition) is 2. The smallest absolute Gasteiger partial charge is 0.431 e. The highest BCUT2D eigenvalue weighted by molar-refractivity contribution is 5.88. The molecule has 6 heteroatoms. The molecule has 0 aromatic carbocycles. The van der Waals surface area contributed by atoms with E-state index in [9.17, 15) is 18.0 Å². The van der Waals surface area contributed by atoms with Crippen molar-refractivity contribution >= 4 is 5.97 Å². The number of nitrogens with one attached hydrogen (secondary N) is 1. The molecule has 0 radical (unpaired) electrons. The van der Waals surface area contributed by atoms with Crippen molar-refractivity contribution in [3.63, 3.8) is 0 Å². The van der Waals surface area contributed by atoms with Gasteiger partial charge in [0.05, 0.1) is 5.57 Å². The van der Waals surface area contributed by atoms with Crippen LogP contribution in [0.25, 0.3) is 0 Å². The second kappa shape index (κ2) is 4.09. The third-order valence-corrected chi connectivity index (χ3v) is 3.09. The Labute approximate surface area is 96.0 Å². The van der Waals surface area contributed by atoms with Crippen LogP contribution in [0.15, 0.2) is 22.5 Å². The van der Waals surface area contributed by atoms with E-state index in [1.165, 1.54) is 0 Å². The van der Waals surface area contributed by atoms with Crippen molar-refractivity contribution < 1.29 is 23.1 Å². The first-order valence-corrected chi connectivity index (χ1v) is 5.41. The van der Waals surface area contributed by atoms with Gasteiger partial charge in [-0.15, -0.1) is 0 Å². The Hall–Kier alpha value is -1.46. The number of dihydropyridines is 1. The summed E-state index contributed by atoms with van der Waals surface area (Å²) in [7, 11) is 0. The monoisotopic (exact) mass is 247 g/mol. The van der Waals surface area contributed by atoms with E-state index < -0.39 is 23.4 Å². The van der Waals surface area contributed by atoms with E-state index in [4.69, 9.17) is 5.11 Å². The summed E-state index contributed by atoms with van der Waals surface area (Å²) in [4.78, 5) is 10.9. The van der Waals surface area contributed by atoms with Gasteiger partial charge in [0, 0.05) is 12.1 Å². The van der Waals surface area contributed by atoms with Gasteiger partial charge in [-0.05, 0) is 31.3 Å². The molecule has 2 N–H and O–H groups in total. The van der Waals surface area contributed by atoms with Crippen molar-refractivity contribution in [3.8, 4) is 0 Å². The highest BCUT2D eigenvalue weighted by Gasteiger charge is 2.41. The number of halogens is 3. The lowest BCUT2D eigenvalue weighted by atomic mass is 9.88. The van der Waals surface area contributed by atoms with E-state index in [1.807, 2.05) is 0 Å². The molecule has 0 saturated heterocycles. The number of alkyl halides is 3. The van der Waals surface area contributed by atoms with Gasteiger partial charge in [0.15, 0.2) is 0 Å². The maximum atomic E-state index is 12.7. The number of aliphatic carboxylic acids is 1. The lowest BCUT2D eigenvalue weighted by Crippen LogP contribution is -2.34. The summed E-state index contributed by atoms with van der Waals surface area (Å²) >= 11 is 0. The summed E-state index contributed by atoms with van der Waals surface area (Å²) in [5.74, 6) is -1.50. The number of carbonyl (C=O) groups is 1. The minimum Gasteiger partial charge on any atom is -0.478 e. The minimum atomic E-state index is -4.64. The first-order valence-electron chi connectivity index (χ1n) is 5.41. The molecule has 1 aliphatic heterocycles. The second-order valence-corrected chi connectivity index (χ2v) is 4.25. The molecule has 0 aromatic rings. The van der Waals surface area contributed by atoms with E-state index in [0.29, 0.717) is 18.5 Å². The average Bonchev–Trinajstić information content (AvgIpc) is 2.26. The SMILES string of the molecule is O=C(O)C1=C(C(F)(F)F)NC2=C(CCCC2)C1. The van der Waals surface area contributed by atoms with Crippen molar-refractivity contribution in [3.05, 3.63) is 22.5 Å². The fourth-order valence-electron chi connectivity index (χ4n) is 2.27. The number of carboxylic acids is 1. The zero-order valence-electron chi connectivity index (χ0n) is 9.02. The molecule has 0 aromatic heterocycles. The Morgan fingerprint density at radius 3 is 2.47 bits per heavy atom. The molecule has 3 nitrogen and oxygen atoms in total. The number of hydrogen-bond acceptors (Lipinski definition) is 2. The molecule has 0 unspecified atom stereocenters. The van der Waals surface area contributed by atoms with Crippen LogP contribution in [0.5, 0.6) is 0 Å². The maximum Gasteiger partial charge on any atom is 0.431 e. The molecular formula is C11H12F3NO2. The molecule has 1 aliphatic carbocycles. The molecular weight excluding hydrogens is 235 g/mol. The molecule has 2 aliphatic rings. The summed E-state index contributed by atoms with van der Waals surface area (Å²) in [5, 5.41) is 11.1. The number of carboxylic acid groups (broad SMARTS) is 1. The lowest BCUT2D eigenvalue weighted by Gasteiger charge is -2.29. The molecule has 0 bridgehead atoms. The largest absolute Gasteiger partial charge is 0.478 e. The van der Waals surface area contributed by atoms with Gasteiger partial charge in [-0.25, -0.2) is 4.79 Å². The first kappa shape index (κ1) is 12.0. The molecule has 1 heterocycles. The first-order chi connectivity index (χ1) is 7.89. The van der Waals surface area contributed by atoms with Crippen molar-refractivity contribution in [2.24, 2.45) is 0 Å². The Kier molecular flexibility index (Phi) is 2.89. The van der Waals surface area contributed by atoms with Crippen LogP contribution in [0.1, 0.15) is 32.1 Å². The third kappa shape index (κ3) is 2.30. The Balaban J connectivity index is 2.36. The van der Waals surface area contributed by atoms with Gasteiger partial charge >= 0.3 is 12.1 Å². The predicted molar refractivity (Wildman–Crippen MR) is 54.0 cm³/mol. The normalized spacial score (nSPS) is 21.1. The van der Waals surface area contributed by atoms with Crippen molar-refractivity contribution in [2.75, 3.05) is 0 Å². The van der Waals surface area contributed by atoms with Gasteiger partial charge in [-0.3, -0.25) is 0 Å². The standard InChI is InChI=1S/C11H12F3NO2/c12-11(13,14)9-7(10(16)17)5-6-3-1-2-4-8(6)15-9/h15H,1-5H2,(H,16,17). The Morgan fingerprint density at radius 2 is 1.88 bits per heavy atom. The molecule has 0 spiro atoms. The van der Waals surface area contributed by atoms with Crippen molar-refractivity contribution in [1.82, 2.24) is 5.32 Å². The van der Waals surface area contributed by atoms with Gasteiger partial charge in [0.1, 0.15) is 5.70 Å². The van der Waals surface area contributed by atoms with Gasteiger partial charge in [-0.2, -0.15) is 13.2 Å². The van der Waals surface area contributed by atoms with Crippen molar-refractivity contribution in [1.29, 1.82) is 0 Å². The quantitative estimate of drug-likeness (QED) is 0.749. The van der Waals surface area contributed by atoms with Crippen LogP contribution in [0, 0.1) is 0 Å². The van der Waals surface area contributed by atoms with E-state index in [-0.39, 0.29) is 6.42 Å². The number of rotatable bonds is 1. The zero-order valence-corrected chi connectivity index (χ0v) is 9.02. The zero-order chi connectivity index (χ0) is 12.6. The maximum absolute atomic E-state index is 12.7. The summed E-state index contributed by atoms with van der Waals surface area (Å²) in [6.07, 6.45) is -1.71. The van der Waals surface area contributed by atoms with E-state index in [2.05, 4.69) is 5.32 Å². The summed E-state index contributed by atoms with van der Waals surface area (Å²) in [5.41, 5.74) is -0.306. The van der Waals surface area contributed by atoms with Gasteiger partial charge < -0.3 is 10.4 Å². The predicted octanol–water partition coefficient (Wildman–Crippen LogP) is 2.71. The summed E-state index contributed by atoms with van der Waals surface area (Å²) < 4.78 is 38.1. The second-order valence-electron chi connectivity index (χ2n) is 4.25. The molecule has 2 rings (SSSR count). The van der Waals surface area contributed by atoms with Crippen LogP contribution in [0.2, 0.25) is 0 Å². The van der Waals surface area contributed by atoms with Crippen LogP contribution in [-0.4, -0.2) is 17.3 Å². The minimum absolute atomic E-state index is 0.0908. The van der Waals surface area contributed by atoms with Crippen LogP contribution >= 0.6 is 0 Å². The van der Waals surface area contributed by atoms with Crippen LogP contribution in [0.3, 0.4) is 0 Å². The molecule has 94 valence electrons. The molecule has 0 fully saturated rings. The highest BCUT2D eigenvalue weighted by Crippen LogP contribution is 2.38. The summed E-state index contributed by atoms with van der Waals surface area (Å²) in [6.45, 7) is 0. The van der Waals surface area contributed by atoms with E-state index in [1.54, 1.807) is 0 Å². The van der Waals surface area contributed by atoms with Crippen LogP contribution < -0.4 is 5.32 Å². The van der Waals surface area contributed by atoms with Crippen LogP contribution in [0.4, 0.5) is 13.2 Å². The van der Waals surface area contributed by atoms with Gasteiger partial charge in [0.25, 0.3) is 0 Å². The lowest BCUT2D eigenvalue weighted by molar-refractivity contribution is -0.134. The average molecular weight is 247 g/mol. The van der Waals surface area contributed by atoms with Crippen LogP contribution in [-0.2, 0) is 4.79 Å². The molecule has 0 atom stereocenters. The molecule has 0 saturated carbocycles.